The number of aryl methyl sites for hydroxylation is 1. The Bertz CT molecular complexity index is 679. The molecule has 0 aliphatic rings. The molecule has 0 unspecified atom stereocenters. The Hall–Kier alpha value is -2.01. The SMILES string of the molecule is CCOc1cccc(NS(=O)(=O)c2ccc(C)cc2)c1. The van der Waals surface area contributed by atoms with Crippen LogP contribution in [-0.2, 0) is 10.0 Å². The lowest BCUT2D eigenvalue weighted by Gasteiger charge is -2.10. The summed E-state index contributed by atoms with van der Waals surface area (Å²) in [7, 11) is -3.57. The van der Waals surface area contributed by atoms with Crippen LogP contribution in [0.3, 0.4) is 0 Å². The fourth-order valence-corrected chi connectivity index (χ4v) is 2.80. The van der Waals surface area contributed by atoms with E-state index in [1.54, 1.807) is 48.5 Å². The van der Waals surface area contributed by atoms with Gasteiger partial charge in [-0.05, 0) is 38.1 Å². The van der Waals surface area contributed by atoms with Crippen molar-refractivity contribution in [3.05, 3.63) is 54.1 Å². The van der Waals surface area contributed by atoms with Crippen LogP contribution >= 0.6 is 0 Å². The molecule has 2 aromatic rings. The number of hydrogen-bond acceptors (Lipinski definition) is 3. The first-order valence-corrected chi connectivity index (χ1v) is 7.82. The van der Waals surface area contributed by atoms with Crippen LogP contribution in [0.4, 0.5) is 5.69 Å². The van der Waals surface area contributed by atoms with E-state index in [4.69, 9.17) is 4.74 Å². The molecule has 2 rings (SSSR count). The van der Waals surface area contributed by atoms with Crippen molar-refractivity contribution in [2.24, 2.45) is 0 Å². The smallest absolute Gasteiger partial charge is 0.261 e. The predicted octanol–water partition coefficient (Wildman–Crippen LogP) is 3.19. The van der Waals surface area contributed by atoms with E-state index in [0.717, 1.165) is 5.56 Å². The van der Waals surface area contributed by atoms with E-state index in [0.29, 0.717) is 18.0 Å². The van der Waals surface area contributed by atoms with Crippen molar-refractivity contribution in [2.75, 3.05) is 11.3 Å². The number of ether oxygens (including phenoxy) is 1. The molecule has 20 heavy (non-hydrogen) atoms. The fraction of sp³-hybridized carbons (Fsp3) is 0.200. The van der Waals surface area contributed by atoms with Crippen molar-refractivity contribution >= 4 is 15.7 Å². The maximum absolute atomic E-state index is 12.2. The highest BCUT2D eigenvalue weighted by Crippen LogP contribution is 2.21. The summed E-state index contributed by atoms with van der Waals surface area (Å²) >= 11 is 0. The van der Waals surface area contributed by atoms with Crippen LogP contribution in [0.15, 0.2) is 53.4 Å². The van der Waals surface area contributed by atoms with Crippen molar-refractivity contribution in [2.45, 2.75) is 18.7 Å². The summed E-state index contributed by atoms with van der Waals surface area (Å²) in [5.74, 6) is 0.636. The molecule has 0 bridgehead atoms. The van der Waals surface area contributed by atoms with Gasteiger partial charge in [-0.15, -0.1) is 0 Å². The molecule has 0 fully saturated rings. The van der Waals surface area contributed by atoms with Crippen LogP contribution in [0.1, 0.15) is 12.5 Å². The first kappa shape index (κ1) is 14.4. The van der Waals surface area contributed by atoms with E-state index < -0.39 is 10.0 Å². The lowest BCUT2D eigenvalue weighted by molar-refractivity contribution is 0.340. The average molecular weight is 291 g/mol. The normalized spacial score (nSPS) is 11.1. The number of nitrogens with one attached hydrogen (secondary N) is 1. The van der Waals surface area contributed by atoms with E-state index in [1.807, 2.05) is 13.8 Å². The molecular weight excluding hydrogens is 274 g/mol. The molecule has 4 nitrogen and oxygen atoms in total. The minimum Gasteiger partial charge on any atom is -0.494 e. The van der Waals surface area contributed by atoms with Gasteiger partial charge in [-0.25, -0.2) is 8.42 Å². The molecule has 0 aromatic heterocycles. The van der Waals surface area contributed by atoms with Crippen molar-refractivity contribution in [3.63, 3.8) is 0 Å². The maximum Gasteiger partial charge on any atom is 0.261 e. The monoisotopic (exact) mass is 291 g/mol. The molecule has 106 valence electrons. The third-order valence-corrected chi connectivity index (χ3v) is 4.13. The zero-order valence-corrected chi connectivity index (χ0v) is 12.3. The molecule has 5 heteroatoms. The quantitative estimate of drug-likeness (QED) is 0.920. The van der Waals surface area contributed by atoms with Crippen molar-refractivity contribution in [1.29, 1.82) is 0 Å². The van der Waals surface area contributed by atoms with Gasteiger partial charge in [0.1, 0.15) is 5.75 Å². The Balaban J connectivity index is 2.24. The molecule has 0 radical (unpaired) electrons. The zero-order chi connectivity index (χ0) is 14.6. The van der Waals surface area contributed by atoms with Crippen LogP contribution in [-0.4, -0.2) is 15.0 Å². The minimum atomic E-state index is -3.57. The number of anilines is 1. The highest BCUT2D eigenvalue weighted by molar-refractivity contribution is 7.92. The lowest BCUT2D eigenvalue weighted by Crippen LogP contribution is -2.12. The van der Waals surface area contributed by atoms with E-state index in [-0.39, 0.29) is 4.90 Å². The summed E-state index contributed by atoms with van der Waals surface area (Å²) in [6.07, 6.45) is 0. The molecule has 0 heterocycles. The second kappa shape index (κ2) is 5.96. The van der Waals surface area contributed by atoms with Crippen molar-refractivity contribution in [3.8, 4) is 5.75 Å². The zero-order valence-electron chi connectivity index (χ0n) is 11.5. The van der Waals surface area contributed by atoms with Crippen LogP contribution in [0.5, 0.6) is 5.75 Å². The topological polar surface area (TPSA) is 55.4 Å². The summed E-state index contributed by atoms with van der Waals surface area (Å²) in [6, 6.07) is 13.6. The second-order valence-electron chi connectivity index (χ2n) is 4.38. The maximum atomic E-state index is 12.2. The van der Waals surface area contributed by atoms with Gasteiger partial charge in [0.25, 0.3) is 10.0 Å². The van der Waals surface area contributed by atoms with Gasteiger partial charge in [0.05, 0.1) is 17.2 Å². The number of hydrogen-bond donors (Lipinski definition) is 1. The highest BCUT2D eigenvalue weighted by Gasteiger charge is 2.13. The van der Waals surface area contributed by atoms with E-state index in [1.165, 1.54) is 0 Å². The van der Waals surface area contributed by atoms with Crippen molar-refractivity contribution in [1.82, 2.24) is 0 Å². The van der Waals surface area contributed by atoms with Crippen LogP contribution < -0.4 is 9.46 Å². The number of sulfonamides is 1. The molecule has 0 aliphatic heterocycles. The summed E-state index contributed by atoms with van der Waals surface area (Å²) in [5, 5.41) is 0. The Morgan fingerprint density at radius 3 is 2.45 bits per heavy atom. The molecule has 0 saturated carbocycles. The van der Waals surface area contributed by atoms with E-state index in [2.05, 4.69) is 4.72 Å². The summed E-state index contributed by atoms with van der Waals surface area (Å²) in [6.45, 7) is 4.33. The van der Waals surface area contributed by atoms with E-state index >= 15 is 0 Å². The van der Waals surface area contributed by atoms with Crippen LogP contribution in [0.25, 0.3) is 0 Å². The van der Waals surface area contributed by atoms with Gasteiger partial charge < -0.3 is 4.74 Å². The van der Waals surface area contributed by atoms with Gasteiger partial charge in [0.15, 0.2) is 0 Å². The summed E-state index contributed by atoms with van der Waals surface area (Å²) in [4.78, 5) is 0.241. The molecule has 0 aliphatic carbocycles. The summed E-state index contributed by atoms with van der Waals surface area (Å²) < 4.78 is 32.4. The van der Waals surface area contributed by atoms with Gasteiger partial charge in [-0.3, -0.25) is 4.72 Å². The van der Waals surface area contributed by atoms with E-state index in [9.17, 15) is 8.42 Å². The second-order valence-corrected chi connectivity index (χ2v) is 6.06. The molecular formula is C15H17NO3S. The van der Waals surface area contributed by atoms with Gasteiger partial charge >= 0.3 is 0 Å². The minimum absolute atomic E-state index is 0.241. The third-order valence-electron chi connectivity index (χ3n) is 2.73. The standard InChI is InChI=1S/C15H17NO3S/c1-3-19-14-6-4-5-13(11-14)16-20(17,18)15-9-7-12(2)8-10-15/h4-11,16H,3H2,1-2H3. The molecule has 0 atom stereocenters. The third kappa shape index (κ3) is 3.51. The largest absolute Gasteiger partial charge is 0.494 e. The molecule has 2 aromatic carbocycles. The highest BCUT2D eigenvalue weighted by atomic mass is 32.2. The van der Waals surface area contributed by atoms with Crippen LogP contribution in [0, 0.1) is 6.92 Å². The fourth-order valence-electron chi connectivity index (χ4n) is 1.75. The first-order valence-electron chi connectivity index (χ1n) is 6.33. The van der Waals surface area contributed by atoms with Gasteiger partial charge in [0, 0.05) is 6.07 Å². The Morgan fingerprint density at radius 1 is 1.10 bits per heavy atom. The summed E-state index contributed by atoms with van der Waals surface area (Å²) in [5.41, 5.74) is 1.50. The van der Waals surface area contributed by atoms with Gasteiger partial charge in [-0.2, -0.15) is 0 Å². The Morgan fingerprint density at radius 2 is 1.80 bits per heavy atom. The first-order chi connectivity index (χ1) is 9.51. The van der Waals surface area contributed by atoms with Crippen molar-refractivity contribution < 1.29 is 13.2 Å². The predicted molar refractivity (Wildman–Crippen MR) is 79.6 cm³/mol. The Labute approximate surface area is 119 Å². The lowest BCUT2D eigenvalue weighted by atomic mass is 10.2. The molecule has 0 saturated heterocycles. The average Bonchev–Trinajstić information content (AvgIpc) is 2.39. The number of benzene rings is 2. The number of rotatable bonds is 5. The molecule has 0 amide bonds. The Kier molecular flexibility index (Phi) is 4.29. The van der Waals surface area contributed by atoms with Crippen LogP contribution in [0.2, 0.25) is 0 Å². The molecule has 1 N–H and O–H groups in total. The van der Waals surface area contributed by atoms with Gasteiger partial charge in [-0.1, -0.05) is 23.8 Å². The van der Waals surface area contributed by atoms with Gasteiger partial charge in [0.2, 0.25) is 0 Å². The molecule has 0 spiro atoms.